The minimum absolute atomic E-state index is 0. The molecule has 1 saturated heterocycles. The molecule has 0 saturated carbocycles. The third kappa shape index (κ3) is 6.37. The van der Waals surface area contributed by atoms with E-state index in [1.165, 1.54) is 25.7 Å². The van der Waals surface area contributed by atoms with E-state index >= 15 is 0 Å². The Balaban J connectivity index is 0.00000242. The number of anilines is 1. The predicted molar refractivity (Wildman–Crippen MR) is 104 cm³/mol. The van der Waals surface area contributed by atoms with E-state index in [0.717, 1.165) is 37.4 Å². The van der Waals surface area contributed by atoms with Crippen LogP contribution in [0.25, 0.3) is 0 Å². The average molecular weight is 417 g/mol. The monoisotopic (exact) mass is 417 g/mol. The van der Waals surface area contributed by atoms with E-state index in [2.05, 4.69) is 33.2 Å². The molecule has 0 spiro atoms. The zero-order chi connectivity index (χ0) is 14.9. The molecular weight excluding hydrogens is 389 g/mol. The van der Waals surface area contributed by atoms with Crippen molar-refractivity contribution in [3.05, 3.63) is 23.9 Å². The van der Waals surface area contributed by atoms with Crippen molar-refractivity contribution >= 4 is 35.8 Å². The van der Waals surface area contributed by atoms with Crippen LogP contribution in [0, 0.1) is 0 Å². The molecule has 2 heterocycles. The van der Waals surface area contributed by atoms with Crippen LogP contribution >= 0.6 is 24.0 Å². The van der Waals surface area contributed by atoms with Crippen molar-refractivity contribution in [1.29, 1.82) is 0 Å². The zero-order valence-electron chi connectivity index (χ0n) is 13.4. The number of hydrogen-bond acceptors (Lipinski definition) is 3. The minimum Gasteiger partial charge on any atom is -0.370 e. The zero-order valence-corrected chi connectivity index (χ0v) is 15.8. The van der Waals surface area contributed by atoms with Gasteiger partial charge in [-0.3, -0.25) is 0 Å². The lowest BCUT2D eigenvalue weighted by atomic mass is 10.2. The standard InChI is InChI=1S/C16H27N5.HI/c1-2-8-19-16(17)20-13-14-7-9-18-15(12-14)21-10-5-3-4-6-11-21;/h7,9,12H,2-6,8,10-11,13H2,1H3,(H3,17,19,20);1H. The highest BCUT2D eigenvalue weighted by molar-refractivity contribution is 14.0. The number of rotatable bonds is 5. The van der Waals surface area contributed by atoms with Crippen LogP contribution in [0.15, 0.2) is 23.3 Å². The van der Waals surface area contributed by atoms with Crippen molar-refractivity contribution < 1.29 is 0 Å². The Bertz CT molecular complexity index is 456. The van der Waals surface area contributed by atoms with Crippen LogP contribution in [0.2, 0.25) is 0 Å². The van der Waals surface area contributed by atoms with Crippen LogP contribution in [0.1, 0.15) is 44.6 Å². The van der Waals surface area contributed by atoms with Crippen molar-refractivity contribution in [2.24, 2.45) is 10.7 Å². The van der Waals surface area contributed by atoms with E-state index in [0.29, 0.717) is 12.5 Å². The molecule has 2 rings (SSSR count). The molecule has 0 aromatic carbocycles. The van der Waals surface area contributed by atoms with Gasteiger partial charge in [0.25, 0.3) is 0 Å². The first kappa shape index (κ1) is 19.0. The van der Waals surface area contributed by atoms with Gasteiger partial charge in [0.15, 0.2) is 5.96 Å². The number of pyridine rings is 1. The van der Waals surface area contributed by atoms with Crippen LogP contribution in [0.3, 0.4) is 0 Å². The molecule has 5 nitrogen and oxygen atoms in total. The maximum atomic E-state index is 5.82. The van der Waals surface area contributed by atoms with Crippen molar-refractivity contribution in [1.82, 2.24) is 10.3 Å². The predicted octanol–water partition coefficient (Wildman–Crippen LogP) is 2.89. The Morgan fingerprint density at radius 3 is 2.73 bits per heavy atom. The largest absolute Gasteiger partial charge is 0.370 e. The molecule has 0 radical (unpaired) electrons. The smallest absolute Gasteiger partial charge is 0.188 e. The number of nitrogens with one attached hydrogen (secondary N) is 1. The normalized spacial score (nSPS) is 15.9. The first-order chi connectivity index (χ1) is 10.3. The summed E-state index contributed by atoms with van der Waals surface area (Å²) in [5.74, 6) is 1.59. The van der Waals surface area contributed by atoms with Crippen molar-refractivity contribution in [2.75, 3.05) is 24.5 Å². The minimum atomic E-state index is 0. The topological polar surface area (TPSA) is 66.5 Å². The van der Waals surface area contributed by atoms with Crippen molar-refractivity contribution in [2.45, 2.75) is 45.6 Å². The Labute approximate surface area is 150 Å². The maximum absolute atomic E-state index is 5.82. The number of aliphatic imine (C=N–C) groups is 1. The Hall–Kier alpha value is -1.05. The van der Waals surface area contributed by atoms with Gasteiger partial charge in [-0.25, -0.2) is 9.98 Å². The van der Waals surface area contributed by atoms with E-state index in [4.69, 9.17) is 5.73 Å². The fourth-order valence-electron chi connectivity index (χ4n) is 2.52. The number of nitrogens with two attached hydrogens (primary N) is 1. The first-order valence-corrected chi connectivity index (χ1v) is 8.03. The number of aromatic nitrogens is 1. The lowest BCUT2D eigenvalue weighted by molar-refractivity contribution is 0.726. The van der Waals surface area contributed by atoms with Crippen LogP contribution in [0.5, 0.6) is 0 Å². The highest BCUT2D eigenvalue weighted by Crippen LogP contribution is 2.18. The molecule has 0 atom stereocenters. The molecule has 0 unspecified atom stereocenters. The Kier molecular flexibility index (Phi) is 9.19. The summed E-state index contributed by atoms with van der Waals surface area (Å²) in [5, 5.41) is 3.09. The maximum Gasteiger partial charge on any atom is 0.188 e. The Morgan fingerprint density at radius 2 is 2.05 bits per heavy atom. The second-order valence-corrected chi connectivity index (χ2v) is 5.55. The summed E-state index contributed by atoms with van der Waals surface area (Å²) in [6.45, 7) is 5.80. The number of hydrogen-bond donors (Lipinski definition) is 2. The number of halogens is 1. The summed E-state index contributed by atoms with van der Waals surface area (Å²) >= 11 is 0. The van der Waals surface area contributed by atoms with Gasteiger partial charge >= 0.3 is 0 Å². The summed E-state index contributed by atoms with van der Waals surface area (Å²) in [6.07, 6.45) is 8.11. The second-order valence-electron chi connectivity index (χ2n) is 5.55. The number of nitrogens with zero attached hydrogens (tertiary/aromatic N) is 3. The molecule has 1 fully saturated rings. The van der Waals surface area contributed by atoms with Crippen molar-refractivity contribution in [3.8, 4) is 0 Å². The van der Waals surface area contributed by atoms with Gasteiger partial charge in [-0.15, -0.1) is 24.0 Å². The van der Waals surface area contributed by atoms with Crippen LogP contribution in [0.4, 0.5) is 5.82 Å². The van der Waals surface area contributed by atoms with Gasteiger partial charge in [0.1, 0.15) is 5.82 Å². The molecule has 1 aliphatic rings. The van der Waals surface area contributed by atoms with Gasteiger partial charge in [0.05, 0.1) is 6.54 Å². The third-order valence-corrected chi connectivity index (χ3v) is 3.73. The summed E-state index contributed by atoms with van der Waals surface area (Å²) in [7, 11) is 0. The van der Waals surface area contributed by atoms with Crippen molar-refractivity contribution in [3.63, 3.8) is 0 Å². The third-order valence-electron chi connectivity index (χ3n) is 3.73. The highest BCUT2D eigenvalue weighted by Gasteiger charge is 2.11. The van der Waals surface area contributed by atoms with E-state index in [9.17, 15) is 0 Å². The summed E-state index contributed by atoms with van der Waals surface area (Å²) in [4.78, 5) is 11.3. The molecule has 6 heteroatoms. The fraction of sp³-hybridized carbons (Fsp3) is 0.625. The second kappa shape index (κ2) is 10.6. The summed E-state index contributed by atoms with van der Waals surface area (Å²) in [5.41, 5.74) is 6.98. The highest BCUT2D eigenvalue weighted by atomic mass is 127. The molecule has 124 valence electrons. The summed E-state index contributed by atoms with van der Waals surface area (Å²) in [6, 6.07) is 4.15. The SMILES string of the molecule is CCCNC(N)=NCc1ccnc(N2CCCCCC2)c1.I. The molecule has 0 bridgehead atoms. The molecule has 3 N–H and O–H groups in total. The molecule has 1 aromatic rings. The lowest BCUT2D eigenvalue weighted by Crippen LogP contribution is -2.32. The average Bonchev–Trinajstić information content (AvgIpc) is 2.80. The van der Waals surface area contributed by atoms with Gasteiger partial charge in [-0.05, 0) is 37.0 Å². The van der Waals surface area contributed by atoms with Crippen LogP contribution < -0.4 is 16.0 Å². The molecule has 0 amide bonds. The number of guanidine groups is 1. The van der Waals surface area contributed by atoms with E-state index in [1.807, 2.05) is 12.3 Å². The van der Waals surface area contributed by atoms with Crippen LogP contribution in [-0.2, 0) is 6.54 Å². The van der Waals surface area contributed by atoms with Crippen LogP contribution in [-0.4, -0.2) is 30.6 Å². The molecule has 22 heavy (non-hydrogen) atoms. The van der Waals surface area contributed by atoms with Gasteiger partial charge in [0.2, 0.25) is 0 Å². The van der Waals surface area contributed by atoms with Gasteiger partial charge in [0, 0.05) is 25.8 Å². The molecule has 0 aliphatic carbocycles. The molecule has 1 aromatic heterocycles. The van der Waals surface area contributed by atoms with Gasteiger partial charge in [-0.2, -0.15) is 0 Å². The fourth-order valence-corrected chi connectivity index (χ4v) is 2.52. The first-order valence-electron chi connectivity index (χ1n) is 8.03. The van der Waals surface area contributed by atoms with Gasteiger partial charge < -0.3 is 16.0 Å². The summed E-state index contributed by atoms with van der Waals surface area (Å²) < 4.78 is 0. The van der Waals surface area contributed by atoms with E-state index in [1.54, 1.807) is 0 Å². The molecule has 1 aliphatic heterocycles. The van der Waals surface area contributed by atoms with E-state index in [-0.39, 0.29) is 24.0 Å². The molecular formula is C16H28IN5. The lowest BCUT2D eigenvalue weighted by Gasteiger charge is -2.21. The Morgan fingerprint density at radius 1 is 1.32 bits per heavy atom. The quantitative estimate of drug-likeness (QED) is 0.439. The van der Waals surface area contributed by atoms with E-state index < -0.39 is 0 Å². The van der Waals surface area contributed by atoms with Gasteiger partial charge in [-0.1, -0.05) is 19.8 Å².